The maximum Gasteiger partial charge on any atom is 0.128 e. The van der Waals surface area contributed by atoms with Crippen LogP contribution >= 0.6 is 0 Å². The summed E-state index contributed by atoms with van der Waals surface area (Å²) in [4.78, 5) is 2.19. The van der Waals surface area contributed by atoms with E-state index in [1.165, 1.54) is 6.07 Å². The predicted octanol–water partition coefficient (Wildman–Crippen LogP) is 1.92. The summed E-state index contributed by atoms with van der Waals surface area (Å²) in [6.45, 7) is 2.12. The van der Waals surface area contributed by atoms with Crippen molar-refractivity contribution in [2.75, 3.05) is 27.2 Å². The Bertz CT molecular complexity index is 411. The highest BCUT2D eigenvalue weighted by molar-refractivity contribution is 5.28. The summed E-state index contributed by atoms with van der Waals surface area (Å²) in [6.07, 6.45) is 0.931. The lowest BCUT2D eigenvalue weighted by Gasteiger charge is -2.20. The molecule has 1 saturated heterocycles. The van der Waals surface area contributed by atoms with E-state index in [9.17, 15) is 4.39 Å². The van der Waals surface area contributed by atoms with Crippen LogP contribution in [0.3, 0.4) is 0 Å². The van der Waals surface area contributed by atoms with Crippen molar-refractivity contribution in [2.24, 2.45) is 11.7 Å². The summed E-state index contributed by atoms with van der Waals surface area (Å²) < 4.78 is 19.1. The van der Waals surface area contributed by atoms with E-state index in [4.69, 9.17) is 10.5 Å². The van der Waals surface area contributed by atoms with E-state index in [0.29, 0.717) is 19.1 Å². The van der Waals surface area contributed by atoms with Gasteiger partial charge in [0.15, 0.2) is 0 Å². The van der Waals surface area contributed by atoms with E-state index in [-0.39, 0.29) is 11.9 Å². The van der Waals surface area contributed by atoms with Gasteiger partial charge >= 0.3 is 0 Å². The van der Waals surface area contributed by atoms with E-state index in [0.717, 1.165) is 24.1 Å². The predicted molar refractivity (Wildman–Crippen MR) is 69.6 cm³/mol. The van der Waals surface area contributed by atoms with Gasteiger partial charge in [0.2, 0.25) is 0 Å². The van der Waals surface area contributed by atoms with Crippen LogP contribution in [-0.2, 0) is 11.3 Å². The number of methoxy groups -OCH3 is 1. The van der Waals surface area contributed by atoms with E-state index in [1.54, 1.807) is 13.2 Å². The molecule has 1 aliphatic heterocycles. The van der Waals surface area contributed by atoms with Crippen LogP contribution in [0.5, 0.6) is 0 Å². The standard InChI is InChI=1S/C14H21FN2O/c1-17-8-11(7-16)6-14(17)12-5-10(9-18-2)3-4-13(12)15/h3-5,11,14H,6-9,16H2,1-2H3. The van der Waals surface area contributed by atoms with Gasteiger partial charge < -0.3 is 10.5 Å². The van der Waals surface area contributed by atoms with Crippen LogP contribution in [0.4, 0.5) is 4.39 Å². The highest BCUT2D eigenvalue weighted by Gasteiger charge is 2.31. The molecule has 0 amide bonds. The monoisotopic (exact) mass is 252 g/mol. The molecule has 100 valence electrons. The Kier molecular flexibility index (Phi) is 4.32. The number of likely N-dealkylation sites (tertiary alicyclic amines) is 1. The normalized spacial score (nSPS) is 24.7. The van der Waals surface area contributed by atoms with Crippen LogP contribution in [0.15, 0.2) is 18.2 Å². The molecule has 2 N–H and O–H groups in total. The second-order valence-electron chi connectivity index (χ2n) is 5.08. The van der Waals surface area contributed by atoms with Crippen molar-refractivity contribution in [3.8, 4) is 0 Å². The molecule has 0 aromatic heterocycles. The van der Waals surface area contributed by atoms with Gasteiger partial charge in [-0.05, 0) is 43.6 Å². The van der Waals surface area contributed by atoms with Gasteiger partial charge in [-0.3, -0.25) is 4.90 Å². The number of hydrogen-bond acceptors (Lipinski definition) is 3. The van der Waals surface area contributed by atoms with Crippen molar-refractivity contribution in [1.29, 1.82) is 0 Å². The smallest absolute Gasteiger partial charge is 0.128 e. The van der Waals surface area contributed by atoms with Gasteiger partial charge in [0.05, 0.1) is 6.61 Å². The van der Waals surface area contributed by atoms with Crippen molar-refractivity contribution < 1.29 is 9.13 Å². The molecule has 4 heteroatoms. The minimum Gasteiger partial charge on any atom is -0.380 e. The van der Waals surface area contributed by atoms with Crippen LogP contribution in [0.1, 0.15) is 23.6 Å². The lowest BCUT2D eigenvalue weighted by atomic mass is 9.98. The largest absolute Gasteiger partial charge is 0.380 e. The summed E-state index contributed by atoms with van der Waals surface area (Å²) in [5.41, 5.74) is 7.49. The molecule has 0 aliphatic carbocycles. The van der Waals surface area contributed by atoms with Gasteiger partial charge in [-0.2, -0.15) is 0 Å². The summed E-state index contributed by atoms with van der Waals surface area (Å²) in [5, 5.41) is 0. The second-order valence-corrected chi connectivity index (χ2v) is 5.08. The number of rotatable bonds is 4. The summed E-state index contributed by atoms with van der Waals surface area (Å²) >= 11 is 0. The minimum absolute atomic E-state index is 0.135. The zero-order valence-electron chi connectivity index (χ0n) is 11.0. The Labute approximate surface area is 108 Å². The molecule has 0 spiro atoms. The lowest BCUT2D eigenvalue weighted by molar-refractivity contribution is 0.184. The fourth-order valence-electron chi connectivity index (χ4n) is 2.74. The van der Waals surface area contributed by atoms with E-state index >= 15 is 0 Å². The molecule has 2 unspecified atom stereocenters. The van der Waals surface area contributed by atoms with Crippen LogP contribution in [0, 0.1) is 11.7 Å². The van der Waals surface area contributed by atoms with Crippen molar-refractivity contribution in [2.45, 2.75) is 19.1 Å². The van der Waals surface area contributed by atoms with Crippen molar-refractivity contribution in [3.63, 3.8) is 0 Å². The molecule has 2 atom stereocenters. The number of benzene rings is 1. The number of ether oxygens (including phenoxy) is 1. The molecule has 1 fully saturated rings. The fraction of sp³-hybridized carbons (Fsp3) is 0.571. The Morgan fingerprint density at radius 2 is 2.28 bits per heavy atom. The molecule has 1 aromatic carbocycles. The quantitative estimate of drug-likeness (QED) is 0.889. The van der Waals surface area contributed by atoms with E-state index < -0.39 is 0 Å². The molecule has 0 bridgehead atoms. The number of halogens is 1. The second kappa shape index (κ2) is 5.78. The highest BCUT2D eigenvalue weighted by atomic mass is 19.1. The molecule has 2 rings (SSSR count). The van der Waals surface area contributed by atoms with Crippen LogP contribution in [0.25, 0.3) is 0 Å². The first-order valence-electron chi connectivity index (χ1n) is 6.33. The SMILES string of the molecule is COCc1ccc(F)c(C2CC(CN)CN2C)c1. The Hall–Kier alpha value is -0.970. The number of hydrogen-bond donors (Lipinski definition) is 1. The minimum atomic E-state index is -0.135. The Morgan fingerprint density at radius 3 is 2.89 bits per heavy atom. The Morgan fingerprint density at radius 1 is 1.50 bits per heavy atom. The molecular formula is C14H21FN2O. The first-order valence-corrected chi connectivity index (χ1v) is 6.33. The van der Waals surface area contributed by atoms with Gasteiger partial charge in [-0.15, -0.1) is 0 Å². The van der Waals surface area contributed by atoms with Gasteiger partial charge in [-0.1, -0.05) is 6.07 Å². The molecule has 3 nitrogen and oxygen atoms in total. The highest BCUT2D eigenvalue weighted by Crippen LogP contribution is 2.35. The third-order valence-corrected chi connectivity index (χ3v) is 3.70. The van der Waals surface area contributed by atoms with Gasteiger partial charge in [-0.25, -0.2) is 4.39 Å². The van der Waals surface area contributed by atoms with Crippen molar-refractivity contribution in [3.05, 3.63) is 35.1 Å². The molecule has 18 heavy (non-hydrogen) atoms. The lowest BCUT2D eigenvalue weighted by Crippen LogP contribution is -2.21. The maximum absolute atomic E-state index is 14.0. The van der Waals surface area contributed by atoms with Crippen LogP contribution in [0.2, 0.25) is 0 Å². The van der Waals surface area contributed by atoms with Crippen molar-refractivity contribution in [1.82, 2.24) is 4.90 Å². The average Bonchev–Trinajstić information content (AvgIpc) is 2.73. The van der Waals surface area contributed by atoms with E-state index in [1.807, 2.05) is 13.1 Å². The molecular weight excluding hydrogens is 231 g/mol. The zero-order valence-corrected chi connectivity index (χ0v) is 11.0. The Balaban J connectivity index is 2.24. The fourth-order valence-corrected chi connectivity index (χ4v) is 2.74. The van der Waals surface area contributed by atoms with Gasteiger partial charge in [0, 0.05) is 25.3 Å². The van der Waals surface area contributed by atoms with Crippen molar-refractivity contribution >= 4 is 0 Å². The van der Waals surface area contributed by atoms with Crippen LogP contribution in [-0.4, -0.2) is 32.1 Å². The number of nitrogens with zero attached hydrogens (tertiary/aromatic N) is 1. The third kappa shape index (κ3) is 2.71. The average molecular weight is 252 g/mol. The first-order chi connectivity index (χ1) is 8.65. The summed E-state index contributed by atoms with van der Waals surface area (Å²) in [6, 6.07) is 5.36. The number of nitrogens with two attached hydrogens (primary N) is 1. The van der Waals surface area contributed by atoms with Crippen LogP contribution < -0.4 is 5.73 Å². The molecule has 1 heterocycles. The molecule has 0 radical (unpaired) electrons. The molecule has 0 saturated carbocycles. The zero-order chi connectivity index (χ0) is 13.1. The molecule has 1 aromatic rings. The van der Waals surface area contributed by atoms with Gasteiger partial charge in [0.25, 0.3) is 0 Å². The molecule has 1 aliphatic rings. The maximum atomic E-state index is 14.0. The third-order valence-electron chi connectivity index (χ3n) is 3.70. The first kappa shape index (κ1) is 13.5. The summed E-state index contributed by atoms with van der Waals surface area (Å²) in [5.74, 6) is 0.329. The van der Waals surface area contributed by atoms with E-state index in [2.05, 4.69) is 4.90 Å². The van der Waals surface area contributed by atoms with Gasteiger partial charge in [0.1, 0.15) is 5.82 Å². The summed E-state index contributed by atoms with van der Waals surface area (Å²) in [7, 11) is 3.68. The topological polar surface area (TPSA) is 38.5 Å².